The molecule has 2 atom stereocenters. The van der Waals surface area contributed by atoms with Gasteiger partial charge in [0.2, 0.25) is 5.91 Å². The number of hydrogen-bond acceptors (Lipinski definition) is 4. The minimum Gasteiger partial charge on any atom is -0.368 e. The van der Waals surface area contributed by atoms with Crippen molar-refractivity contribution in [3.8, 4) is 0 Å². The van der Waals surface area contributed by atoms with Crippen molar-refractivity contribution in [3.63, 3.8) is 0 Å². The first-order chi connectivity index (χ1) is 9.56. The van der Waals surface area contributed by atoms with Crippen LogP contribution in [0.1, 0.15) is 19.8 Å². The van der Waals surface area contributed by atoms with E-state index in [9.17, 15) is 9.59 Å². The van der Waals surface area contributed by atoms with Gasteiger partial charge in [0, 0.05) is 18.0 Å². The summed E-state index contributed by atoms with van der Waals surface area (Å²) >= 11 is 0. The van der Waals surface area contributed by atoms with Crippen LogP contribution in [-0.2, 0) is 14.3 Å². The number of rotatable bonds is 4. The Morgan fingerprint density at radius 2 is 1.85 bits per heavy atom. The number of nitrogens with two attached hydrogens (primary N) is 1. The van der Waals surface area contributed by atoms with Crippen molar-refractivity contribution in [3.05, 3.63) is 24.3 Å². The molecule has 1 unspecified atom stereocenters. The lowest BCUT2D eigenvalue weighted by Gasteiger charge is -2.11. The van der Waals surface area contributed by atoms with Crippen LogP contribution < -0.4 is 16.4 Å². The molecule has 108 valence electrons. The van der Waals surface area contributed by atoms with E-state index in [1.54, 1.807) is 31.2 Å². The first kappa shape index (κ1) is 14.5. The molecule has 0 saturated carbocycles. The number of hydrogen-bond donors (Lipinski definition) is 3. The Morgan fingerprint density at radius 3 is 2.35 bits per heavy atom. The molecule has 6 heteroatoms. The Morgan fingerprint density at radius 1 is 1.25 bits per heavy atom. The summed E-state index contributed by atoms with van der Waals surface area (Å²) in [7, 11) is 0. The summed E-state index contributed by atoms with van der Waals surface area (Å²) in [6.45, 7) is 2.26. The molecule has 1 fully saturated rings. The summed E-state index contributed by atoms with van der Waals surface area (Å²) in [5, 5.41) is 5.46. The fourth-order valence-electron chi connectivity index (χ4n) is 1.90. The summed E-state index contributed by atoms with van der Waals surface area (Å²) < 4.78 is 5.31. The van der Waals surface area contributed by atoms with Crippen molar-refractivity contribution < 1.29 is 14.3 Å². The van der Waals surface area contributed by atoms with Crippen LogP contribution in [0.5, 0.6) is 0 Å². The average Bonchev–Trinajstić information content (AvgIpc) is 2.95. The van der Waals surface area contributed by atoms with E-state index in [0.717, 1.165) is 12.8 Å². The molecule has 0 bridgehead atoms. The number of ether oxygens (including phenoxy) is 1. The van der Waals surface area contributed by atoms with Gasteiger partial charge in [-0.15, -0.1) is 0 Å². The lowest BCUT2D eigenvalue weighted by Crippen LogP contribution is -2.32. The predicted octanol–water partition coefficient (Wildman–Crippen LogP) is 1.09. The first-order valence-electron chi connectivity index (χ1n) is 6.65. The van der Waals surface area contributed by atoms with Crippen molar-refractivity contribution >= 4 is 23.2 Å². The van der Waals surface area contributed by atoms with Gasteiger partial charge in [-0.2, -0.15) is 0 Å². The van der Waals surface area contributed by atoms with Crippen molar-refractivity contribution in [2.24, 2.45) is 5.73 Å². The Balaban J connectivity index is 1.91. The molecule has 1 aromatic rings. The third kappa shape index (κ3) is 3.79. The third-order valence-electron chi connectivity index (χ3n) is 3.06. The van der Waals surface area contributed by atoms with Gasteiger partial charge in [-0.25, -0.2) is 0 Å². The van der Waals surface area contributed by atoms with Crippen LogP contribution in [0.25, 0.3) is 0 Å². The fraction of sp³-hybridized carbons (Fsp3) is 0.429. The smallest absolute Gasteiger partial charge is 0.253 e. The number of amides is 2. The zero-order chi connectivity index (χ0) is 14.5. The maximum Gasteiger partial charge on any atom is 0.253 e. The van der Waals surface area contributed by atoms with E-state index in [1.165, 1.54) is 0 Å². The van der Waals surface area contributed by atoms with E-state index in [1.807, 2.05) is 0 Å². The summed E-state index contributed by atoms with van der Waals surface area (Å²) in [5.41, 5.74) is 6.78. The minimum atomic E-state index is -0.561. The lowest BCUT2D eigenvalue weighted by molar-refractivity contribution is -0.124. The van der Waals surface area contributed by atoms with E-state index in [0.29, 0.717) is 18.0 Å². The van der Waals surface area contributed by atoms with Gasteiger partial charge >= 0.3 is 0 Å². The Labute approximate surface area is 117 Å². The molecule has 1 aliphatic rings. The fourth-order valence-corrected chi connectivity index (χ4v) is 1.90. The molecule has 0 radical (unpaired) electrons. The maximum absolute atomic E-state index is 11.8. The SMILES string of the molecule is C[C@@H](N)C(=O)Nc1ccc(NC(=O)C2CCCO2)cc1. The largest absolute Gasteiger partial charge is 0.368 e. The molecule has 0 spiro atoms. The highest BCUT2D eigenvalue weighted by Gasteiger charge is 2.23. The summed E-state index contributed by atoms with van der Waals surface area (Å²) in [6, 6.07) is 6.32. The van der Waals surface area contributed by atoms with Gasteiger partial charge in [0.15, 0.2) is 0 Å². The molecule has 1 heterocycles. The molecular weight excluding hydrogens is 258 g/mol. The highest BCUT2D eigenvalue weighted by atomic mass is 16.5. The second-order valence-corrected chi connectivity index (χ2v) is 4.85. The number of benzene rings is 1. The molecule has 1 saturated heterocycles. The normalized spacial score (nSPS) is 19.4. The van der Waals surface area contributed by atoms with Gasteiger partial charge in [-0.3, -0.25) is 9.59 Å². The number of anilines is 2. The van der Waals surface area contributed by atoms with Gasteiger partial charge in [0.05, 0.1) is 6.04 Å². The first-order valence-corrected chi connectivity index (χ1v) is 6.65. The summed E-state index contributed by atoms with van der Waals surface area (Å²) in [4.78, 5) is 23.3. The van der Waals surface area contributed by atoms with E-state index < -0.39 is 6.04 Å². The van der Waals surface area contributed by atoms with Crippen molar-refractivity contribution in [1.29, 1.82) is 0 Å². The van der Waals surface area contributed by atoms with Crippen LogP contribution in [0, 0.1) is 0 Å². The topological polar surface area (TPSA) is 93.5 Å². The van der Waals surface area contributed by atoms with Gasteiger partial charge in [0.25, 0.3) is 5.91 Å². The van der Waals surface area contributed by atoms with Crippen molar-refractivity contribution in [1.82, 2.24) is 0 Å². The molecule has 0 aromatic heterocycles. The zero-order valence-electron chi connectivity index (χ0n) is 11.4. The van der Waals surface area contributed by atoms with Crippen LogP contribution in [-0.4, -0.2) is 30.6 Å². The standard InChI is InChI=1S/C14H19N3O3/c1-9(15)13(18)16-10-4-6-11(7-5-10)17-14(19)12-3-2-8-20-12/h4-7,9,12H,2-3,8,15H2,1H3,(H,16,18)(H,17,19)/t9-,12?/m1/s1. The van der Waals surface area contributed by atoms with Crippen LogP contribution >= 0.6 is 0 Å². The van der Waals surface area contributed by atoms with Gasteiger partial charge in [-0.1, -0.05) is 0 Å². The lowest BCUT2D eigenvalue weighted by atomic mass is 10.2. The Kier molecular flexibility index (Phi) is 4.70. The average molecular weight is 277 g/mol. The van der Waals surface area contributed by atoms with E-state index in [-0.39, 0.29) is 17.9 Å². The third-order valence-corrected chi connectivity index (χ3v) is 3.06. The van der Waals surface area contributed by atoms with Crippen LogP contribution in [0.3, 0.4) is 0 Å². The highest BCUT2D eigenvalue weighted by molar-refractivity contribution is 5.96. The van der Waals surface area contributed by atoms with Crippen molar-refractivity contribution in [2.75, 3.05) is 17.2 Å². The second kappa shape index (κ2) is 6.49. The van der Waals surface area contributed by atoms with Crippen LogP contribution in [0.15, 0.2) is 24.3 Å². The molecule has 2 rings (SSSR count). The molecule has 20 heavy (non-hydrogen) atoms. The van der Waals surface area contributed by atoms with E-state index >= 15 is 0 Å². The highest BCUT2D eigenvalue weighted by Crippen LogP contribution is 2.17. The van der Waals surface area contributed by atoms with E-state index in [4.69, 9.17) is 10.5 Å². The van der Waals surface area contributed by atoms with Gasteiger partial charge in [0.1, 0.15) is 6.10 Å². The van der Waals surface area contributed by atoms with Crippen molar-refractivity contribution in [2.45, 2.75) is 31.9 Å². The molecule has 0 aliphatic carbocycles. The second-order valence-electron chi connectivity index (χ2n) is 4.85. The molecule has 1 aliphatic heterocycles. The zero-order valence-corrected chi connectivity index (χ0v) is 11.4. The Hall–Kier alpha value is -1.92. The minimum absolute atomic E-state index is 0.130. The monoisotopic (exact) mass is 277 g/mol. The van der Waals surface area contributed by atoms with Crippen LogP contribution in [0.4, 0.5) is 11.4 Å². The maximum atomic E-state index is 11.8. The van der Waals surface area contributed by atoms with E-state index in [2.05, 4.69) is 10.6 Å². The number of carbonyl (C=O) groups is 2. The molecular formula is C14H19N3O3. The number of nitrogens with one attached hydrogen (secondary N) is 2. The van der Waals surface area contributed by atoms with Crippen LogP contribution in [0.2, 0.25) is 0 Å². The predicted molar refractivity (Wildman–Crippen MR) is 76.3 cm³/mol. The molecule has 6 nitrogen and oxygen atoms in total. The summed E-state index contributed by atoms with van der Waals surface area (Å²) in [5.74, 6) is -0.379. The quantitative estimate of drug-likeness (QED) is 0.768. The molecule has 2 amide bonds. The number of carbonyl (C=O) groups excluding carboxylic acids is 2. The van der Waals surface area contributed by atoms with Gasteiger partial charge in [-0.05, 0) is 44.0 Å². The molecule has 1 aromatic carbocycles. The van der Waals surface area contributed by atoms with Gasteiger partial charge < -0.3 is 21.1 Å². The summed E-state index contributed by atoms with van der Waals surface area (Å²) in [6.07, 6.45) is 1.32. The molecule has 4 N–H and O–H groups in total. The Bertz CT molecular complexity index is 479.